The Morgan fingerprint density at radius 3 is 1.11 bits per heavy atom. The second-order valence-corrected chi connectivity index (χ2v) is 22.4. The van der Waals surface area contributed by atoms with Gasteiger partial charge < -0.3 is 52.9 Å². The summed E-state index contributed by atoms with van der Waals surface area (Å²) in [7, 11) is 9.66. The van der Waals surface area contributed by atoms with Gasteiger partial charge in [-0.1, -0.05) is 41.9 Å². The molecular formula is C62H66Br2ClN17O6. The van der Waals surface area contributed by atoms with Gasteiger partial charge in [-0.15, -0.1) is 0 Å². The molecule has 4 aromatic carbocycles. The molecule has 9 heterocycles. The average Bonchev–Trinajstić information content (AvgIpc) is 1.31. The molecule has 0 amide bonds. The summed E-state index contributed by atoms with van der Waals surface area (Å²) in [4.78, 5) is 63.6. The lowest BCUT2D eigenvalue weighted by molar-refractivity contribution is 0.356. The van der Waals surface area contributed by atoms with Crippen molar-refractivity contribution in [3.63, 3.8) is 0 Å². The van der Waals surface area contributed by atoms with Crippen LogP contribution >= 0.6 is 43.5 Å². The maximum Gasteiger partial charge on any atom is 0.225 e. The largest absolute Gasteiger partial charge is 0.493 e. The summed E-state index contributed by atoms with van der Waals surface area (Å²) in [6.07, 6.45) is 20.3. The molecule has 88 heavy (non-hydrogen) atoms. The molecule has 456 valence electrons. The number of hydrogen-bond acceptors (Lipinski definition) is 23. The van der Waals surface area contributed by atoms with Gasteiger partial charge in [-0.2, -0.15) is 0 Å². The van der Waals surface area contributed by atoms with Crippen LogP contribution in [0.2, 0.25) is 5.15 Å². The fourth-order valence-corrected chi connectivity index (χ4v) is 10.9. The lowest BCUT2D eigenvalue weighted by atomic mass is 10.1. The molecule has 0 atom stereocenters. The summed E-state index contributed by atoms with van der Waals surface area (Å²) < 4.78 is 33.9. The summed E-state index contributed by atoms with van der Waals surface area (Å²) in [5.41, 5.74) is 4.76. The zero-order valence-corrected chi connectivity index (χ0v) is 53.6. The number of halogens is 3. The molecule has 3 saturated heterocycles. The average molecular weight is 1340 g/mol. The summed E-state index contributed by atoms with van der Waals surface area (Å²) in [5, 5.41) is 3.05. The predicted octanol–water partition coefficient (Wildman–Crippen LogP) is 10.4. The lowest BCUT2D eigenvalue weighted by Gasteiger charge is -2.35. The summed E-state index contributed by atoms with van der Waals surface area (Å²) in [5.74, 6) is 8.08. The van der Waals surface area contributed by atoms with Gasteiger partial charge >= 0.3 is 0 Å². The number of nitrogens with zero attached hydrogens (tertiary/aromatic N) is 17. The highest BCUT2D eigenvalue weighted by molar-refractivity contribution is 9.10. The van der Waals surface area contributed by atoms with Crippen molar-refractivity contribution in [3.05, 3.63) is 148 Å². The van der Waals surface area contributed by atoms with E-state index in [4.69, 9.17) is 40.0 Å². The number of fused-ring (bicyclic) bond motifs is 3. The summed E-state index contributed by atoms with van der Waals surface area (Å²) >= 11 is 12.6. The van der Waals surface area contributed by atoms with Gasteiger partial charge in [0.25, 0.3) is 0 Å². The van der Waals surface area contributed by atoms with Gasteiger partial charge in [-0.3, -0.25) is 0 Å². The molecule has 3 aliphatic rings. The molecule has 10 aromatic rings. The molecule has 0 N–H and O–H groups in total. The van der Waals surface area contributed by atoms with Crippen molar-refractivity contribution in [1.82, 2.24) is 59.8 Å². The van der Waals surface area contributed by atoms with Crippen LogP contribution in [0.25, 0.3) is 32.7 Å². The topological polar surface area (TPSA) is 226 Å². The highest BCUT2D eigenvalue weighted by Crippen LogP contribution is 2.37. The first kappa shape index (κ1) is 62.2. The second-order valence-electron chi connectivity index (χ2n) is 20.2. The highest BCUT2D eigenvalue weighted by atomic mass is 79.9. The van der Waals surface area contributed by atoms with E-state index in [-0.39, 0.29) is 0 Å². The first-order chi connectivity index (χ1) is 43.1. The van der Waals surface area contributed by atoms with Crippen LogP contribution in [0.5, 0.6) is 34.5 Å². The van der Waals surface area contributed by atoms with Crippen molar-refractivity contribution in [3.8, 4) is 34.5 Å². The van der Waals surface area contributed by atoms with Crippen molar-refractivity contribution in [1.29, 1.82) is 0 Å². The van der Waals surface area contributed by atoms with Gasteiger partial charge in [0.2, 0.25) is 17.8 Å². The van der Waals surface area contributed by atoms with E-state index < -0.39 is 0 Å². The molecule has 13 rings (SSSR count). The van der Waals surface area contributed by atoms with Crippen molar-refractivity contribution in [2.75, 3.05) is 133 Å². The van der Waals surface area contributed by atoms with E-state index in [1.54, 1.807) is 92.2 Å². The molecule has 0 radical (unpaired) electrons. The molecule has 6 aromatic heterocycles. The minimum absolute atomic E-state index is 0.404. The molecule has 0 spiro atoms. The third-order valence-corrected chi connectivity index (χ3v) is 16.0. The zero-order valence-electron chi connectivity index (χ0n) is 49.6. The van der Waals surface area contributed by atoms with E-state index in [0.29, 0.717) is 39.7 Å². The number of benzene rings is 4. The number of ether oxygens (including phenoxy) is 6. The van der Waals surface area contributed by atoms with E-state index in [0.717, 1.165) is 149 Å². The van der Waals surface area contributed by atoms with Crippen LogP contribution in [-0.4, -0.2) is 168 Å². The van der Waals surface area contributed by atoms with E-state index in [1.807, 2.05) is 42.7 Å². The van der Waals surface area contributed by atoms with Crippen molar-refractivity contribution < 1.29 is 28.4 Å². The van der Waals surface area contributed by atoms with Crippen molar-refractivity contribution in [2.24, 2.45) is 0 Å². The van der Waals surface area contributed by atoms with Gasteiger partial charge in [-0.25, -0.2) is 59.8 Å². The maximum atomic E-state index is 5.93. The smallest absolute Gasteiger partial charge is 0.225 e. The minimum atomic E-state index is 0.404. The van der Waals surface area contributed by atoms with Gasteiger partial charge in [-0.05, 0) is 80.4 Å². The van der Waals surface area contributed by atoms with E-state index in [9.17, 15) is 0 Å². The number of rotatable bonds is 13. The zero-order chi connectivity index (χ0) is 61.4. The Kier molecular flexibility index (Phi) is 21.4. The SMILES string of the molecule is Brc1cnc(N2CCCCC2)nc1.COc1cc2ncnc(Cl)c2cc1OC.COc1cc2ncnc(N3CCN(c4ncc(Br)cn4)CC3)c2cc1OC.COc1cc2ncnc(N3CCN(c4ncc(Cc5ccccc5)cn4)CC3)c2cc1OC. The van der Waals surface area contributed by atoms with Gasteiger partial charge in [0, 0.05) is 143 Å². The number of aromatic nitrogens is 12. The molecule has 23 nitrogen and oxygen atoms in total. The summed E-state index contributed by atoms with van der Waals surface area (Å²) in [6, 6.07) is 21.6. The minimum Gasteiger partial charge on any atom is -0.493 e. The van der Waals surface area contributed by atoms with Crippen LogP contribution in [0.1, 0.15) is 30.4 Å². The van der Waals surface area contributed by atoms with Gasteiger partial charge in [0.05, 0.1) is 68.2 Å². The molecule has 3 fully saturated rings. The third kappa shape index (κ3) is 15.3. The number of hydrogen-bond donors (Lipinski definition) is 0. The Hall–Kier alpha value is -8.81. The van der Waals surface area contributed by atoms with Gasteiger partial charge in [0.15, 0.2) is 34.5 Å². The quantitative estimate of drug-likeness (QED) is 0.0978. The van der Waals surface area contributed by atoms with E-state index in [2.05, 4.69) is 140 Å². The molecule has 0 aliphatic carbocycles. The third-order valence-electron chi connectivity index (χ3n) is 14.9. The number of methoxy groups -OCH3 is 6. The van der Waals surface area contributed by atoms with Crippen molar-refractivity contribution >= 4 is 106 Å². The summed E-state index contributed by atoms with van der Waals surface area (Å²) in [6.45, 7) is 8.74. The Bertz CT molecular complexity index is 3890. The number of piperidine rings is 1. The van der Waals surface area contributed by atoms with E-state index >= 15 is 0 Å². The Morgan fingerprint density at radius 2 is 0.705 bits per heavy atom. The molecule has 3 aliphatic heterocycles. The Morgan fingerprint density at radius 1 is 0.364 bits per heavy atom. The fraction of sp³-hybridized carbons (Fsp3) is 0.323. The number of anilines is 5. The van der Waals surface area contributed by atoms with Crippen LogP contribution in [0.15, 0.2) is 132 Å². The first-order valence-corrected chi connectivity index (χ1v) is 30.3. The fourth-order valence-electron chi connectivity index (χ4n) is 10.3. The number of piperazine rings is 2. The second kappa shape index (κ2) is 30.2. The standard InChI is InChI=1S/C25H26N6O2.C18H19BrN6O2.C10H9ClN2O2.C9H12BrN3/c1-32-22-13-20-21(14-23(22)33-2)28-17-29-24(20)30-8-10-31(11-9-30)25-26-15-19(16-27-25)12-18-6-4-3-5-7-18;1-26-15-7-13-14(8-16(15)27-2)22-11-23-17(13)24-3-5-25(6-4-24)18-20-9-12(19)10-21-18;1-14-8-3-6-7(4-9(8)15-2)12-5-13-10(6)11;10-8-6-11-9(12-7-8)13-4-2-1-3-5-13/h3-7,13-17H,8-12H2,1-2H3;7-11H,3-6H2,1-2H3;3-5H,1-2H3;6-7H,1-5H2. The molecule has 0 bridgehead atoms. The normalized spacial score (nSPS) is 14.0. The van der Waals surface area contributed by atoms with Crippen molar-refractivity contribution in [2.45, 2.75) is 25.7 Å². The Labute approximate surface area is 531 Å². The molecular weight excluding hydrogens is 1270 g/mol. The van der Waals surface area contributed by atoms with E-state index in [1.165, 1.54) is 31.2 Å². The van der Waals surface area contributed by atoms with Crippen LogP contribution in [0, 0.1) is 0 Å². The monoisotopic (exact) mass is 1340 g/mol. The molecule has 0 saturated carbocycles. The predicted molar refractivity (Wildman–Crippen MR) is 349 cm³/mol. The van der Waals surface area contributed by atoms with Crippen LogP contribution in [0.3, 0.4) is 0 Å². The van der Waals surface area contributed by atoms with Crippen LogP contribution in [0.4, 0.5) is 29.5 Å². The van der Waals surface area contributed by atoms with Crippen LogP contribution in [-0.2, 0) is 6.42 Å². The first-order valence-electron chi connectivity index (χ1n) is 28.4. The van der Waals surface area contributed by atoms with Gasteiger partial charge in [0.1, 0.15) is 35.8 Å². The Balaban J connectivity index is 0.000000138. The highest BCUT2D eigenvalue weighted by Gasteiger charge is 2.25. The molecule has 26 heteroatoms. The van der Waals surface area contributed by atoms with Crippen LogP contribution < -0.4 is 52.9 Å². The maximum absolute atomic E-state index is 5.93. The molecule has 0 unspecified atom stereocenters. The lowest BCUT2D eigenvalue weighted by Crippen LogP contribution is -2.47.